The lowest BCUT2D eigenvalue weighted by atomic mass is 10.2. The van der Waals surface area contributed by atoms with E-state index in [1.54, 1.807) is 26.8 Å². The molecule has 1 aromatic carbocycles. The Kier molecular flexibility index (Phi) is 5.37. The Morgan fingerprint density at radius 3 is 2.65 bits per heavy atom. The van der Waals surface area contributed by atoms with E-state index in [-0.39, 0.29) is 22.3 Å². The molecule has 3 heterocycles. The predicted molar refractivity (Wildman–Crippen MR) is 116 cm³/mol. The summed E-state index contributed by atoms with van der Waals surface area (Å²) >= 11 is 0. The Bertz CT molecular complexity index is 1250. The third kappa shape index (κ3) is 3.84. The summed E-state index contributed by atoms with van der Waals surface area (Å²) in [4.78, 5) is 12.8. The van der Waals surface area contributed by atoms with Crippen molar-refractivity contribution in [2.75, 3.05) is 22.4 Å². The average molecular weight is 467 g/mol. The number of fused-ring (bicyclic) bond motifs is 1. The van der Waals surface area contributed by atoms with Gasteiger partial charge in [-0.2, -0.15) is 5.10 Å². The molecule has 2 aliphatic rings. The molecule has 4 rings (SSSR count). The van der Waals surface area contributed by atoms with Gasteiger partial charge in [0.15, 0.2) is 9.84 Å². The topological polar surface area (TPSA) is 118 Å². The number of sulfone groups is 1. The van der Waals surface area contributed by atoms with Gasteiger partial charge in [0.1, 0.15) is 10.9 Å². The lowest BCUT2D eigenvalue weighted by Gasteiger charge is -2.20. The maximum absolute atomic E-state index is 13.5. The lowest BCUT2D eigenvalue weighted by Crippen LogP contribution is -2.40. The third-order valence-electron chi connectivity index (χ3n) is 5.98. The van der Waals surface area contributed by atoms with Gasteiger partial charge in [-0.25, -0.2) is 16.8 Å². The highest BCUT2D eigenvalue weighted by Gasteiger charge is 2.36. The fourth-order valence-corrected chi connectivity index (χ4v) is 7.95. The molecular formula is C20H26N4O5S2. The quantitative estimate of drug-likeness (QED) is 0.705. The molecule has 0 saturated carbocycles. The van der Waals surface area contributed by atoms with Crippen molar-refractivity contribution in [3.63, 3.8) is 0 Å². The Balaban J connectivity index is 1.61. The van der Waals surface area contributed by atoms with Gasteiger partial charge < -0.3 is 5.32 Å². The number of para-hydroxylation sites is 1. The number of aromatic nitrogens is 2. The molecule has 0 spiro atoms. The van der Waals surface area contributed by atoms with Crippen LogP contribution < -0.4 is 9.62 Å². The zero-order valence-corrected chi connectivity index (χ0v) is 19.3. The van der Waals surface area contributed by atoms with Crippen LogP contribution in [0.4, 0.5) is 5.69 Å². The van der Waals surface area contributed by atoms with Crippen LogP contribution in [0.15, 0.2) is 29.2 Å². The van der Waals surface area contributed by atoms with Crippen LogP contribution in [0.25, 0.3) is 0 Å². The van der Waals surface area contributed by atoms with Crippen LogP contribution in [0.2, 0.25) is 0 Å². The summed E-state index contributed by atoms with van der Waals surface area (Å²) in [5.74, 6) is -0.397. The van der Waals surface area contributed by atoms with E-state index in [1.807, 2.05) is 18.2 Å². The molecule has 11 heteroatoms. The Hall–Kier alpha value is -2.40. The second kappa shape index (κ2) is 7.63. The molecule has 1 saturated heterocycles. The van der Waals surface area contributed by atoms with Crippen molar-refractivity contribution in [1.82, 2.24) is 15.1 Å². The minimum atomic E-state index is -3.85. The molecule has 0 bridgehead atoms. The Labute approximate surface area is 182 Å². The molecule has 0 radical (unpaired) electrons. The molecule has 1 aromatic heterocycles. The van der Waals surface area contributed by atoms with Gasteiger partial charge >= 0.3 is 0 Å². The molecule has 1 N–H and O–H groups in total. The van der Waals surface area contributed by atoms with E-state index in [2.05, 4.69) is 10.4 Å². The molecule has 9 nitrogen and oxygen atoms in total. The van der Waals surface area contributed by atoms with Crippen molar-refractivity contribution in [1.29, 1.82) is 0 Å². The fourth-order valence-electron chi connectivity index (χ4n) is 4.41. The van der Waals surface area contributed by atoms with Gasteiger partial charge in [0.05, 0.1) is 28.6 Å². The van der Waals surface area contributed by atoms with Crippen LogP contribution in [0.3, 0.4) is 0 Å². The van der Waals surface area contributed by atoms with Crippen LogP contribution in [0, 0.1) is 13.8 Å². The first-order valence-electron chi connectivity index (χ1n) is 10.2. The summed E-state index contributed by atoms with van der Waals surface area (Å²) in [6.45, 7) is 5.24. The van der Waals surface area contributed by atoms with Crippen molar-refractivity contribution < 1.29 is 21.6 Å². The number of carbonyl (C=O) groups is 1. The first kappa shape index (κ1) is 21.8. The van der Waals surface area contributed by atoms with Gasteiger partial charge in [-0.15, -0.1) is 0 Å². The number of rotatable bonds is 5. The number of hydrogen-bond acceptors (Lipinski definition) is 6. The van der Waals surface area contributed by atoms with Crippen LogP contribution in [0.1, 0.15) is 36.3 Å². The molecule has 2 aliphatic heterocycles. The standard InChI is InChI=1S/C20H26N4O5S2/c1-13-19(31(28,29)23-10-8-16-6-4-5-7-18(16)23)14(2)24(22-13)15(3)20(25)21-17-9-11-30(26,27)12-17/h4-7,15,17H,8-12H2,1-3H3,(H,21,25)/t15-,17-/m1/s1. The molecule has 2 atom stereocenters. The SMILES string of the molecule is Cc1nn([C@H](C)C(=O)N[C@@H]2CCS(=O)(=O)C2)c(C)c1S(=O)(=O)N1CCc2ccccc21. The fraction of sp³-hybridized carbons (Fsp3) is 0.500. The number of nitrogens with zero attached hydrogens (tertiary/aromatic N) is 3. The summed E-state index contributed by atoms with van der Waals surface area (Å²) in [6.07, 6.45) is 1.02. The van der Waals surface area contributed by atoms with Gasteiger partial charge in [-0.05, 0) is 45.2 Å². The second-order valence-electron chi connectivity index (χ2n) is 8.18. The van der Waals surface area contributed by atoms with Gasteiger partial charge in [-0.3, -0.25) is 13.8 Å². The molecule has 1 fully saturated rings. The first-order valence-corrected chi connectivity index (χ1v) is 13.4. The van der Waals surface area contributed by atoms with E-state index in [4.69, 9.17) is 0 Å². The normalized spacial score (nSPS) is 21.1. The molecule has 1 amide bonds. The van der Waals surface area contributed by atoms with Crippen molar-refractivity contribution in [2.24, 2.45) is 0 Å². The molecule has 31 heavy (non-hydrogen) atoms. The highest BCUT2D eigenvalue weighted by Crippen LogP contribution is 2.35. The number of sulfonamides is 1. The van der Waals surface area contributed by atoms with Crippen molar-refractivity contribution in [3.8, 4) is 0 Å². The van der Waals surface area contributed by atoms with Crippen molar-refractivity contribution >= 4 is 31.5 Å². The Morgan fingerprint density at radius 1 is 1.26 bits per heavy atom. The minimum absolute atomic E-state index is 0.0614. The maximum Gasteiger partial charge on any atom is 0.268 e. The van der Waals surface area contributed by atoms with Crippen LogP contribution in [-0.2, 0) is 31.1 Å². The van der Waals surface area contributed by atoms with Crippen molar-refractivity contribution in [2.45, 2.75) is 50.6 Å². The number of carbonyl (C=O) groups excluding carboxylic acids is 1. The summed E-state index contributed by atoms with van der Waals surface area (Å²) in [6, 6.07) is 6.20. The number of anilines is 1. The van der Waals surface area contributed by atoms with Gasteiger partial charge in [0, 0.05) is 12.6 Å². The highest BCUT2D eigenvalue weighted by atomic mass is 32.2. The molecule has 0 aliphatic carbocycles. The summed E-state index contributed by atoms with van der Waals surface area (Å²) in [5.41, 5.74) is 2.35. The molecule has 0 unspecified atom stereocenters. The predicted octanol–water partition coefficient (Wildman–Crippen LogP) is 1.12. The lowest BCUT2D eigenvalue weighted by molar-refractivity contribution is -0.124. The monoisotopic (exact) mass is 466 g/mol. The maximum atomic E-state index is 13.5. The van der Waals surface area contributed by atoms with E-state index >= 15 is 0 Å². The first-order chi connectivity index (χ1) is 14.5. The Morgan fingerprint density at radius 2 is 1.97 bits per heavy atom. The van der Waals surface area contributed by atoms with Gasteiger partial charge in [0.2, 0.25) is 5.91 Å². The zero-order valence-electron chi connectivity index (χ0n) is 17.7. The number of benzene rings is 1. The van der Waals surface area contributed by atoms with Crippen molar-refractivity contribution in [3.05, 3.63) is 41.2 Å². The van der Waals surface area contributed by atoms with Crippen LogP contribution in [0.5, 0.6) is 0 Å². The third-order valence-corrected chi connectivity index (χ3v) is 9.81. The smallest absolute Gasteiger partial charge is 0.268 e. The van der Waals surface area contributed by atoms with Gasteiger partial charge in [-0.1, -0.05) is 18.2 Å². The molecule has 2 aromatic rings. The number of nitrogens with one attached hydrogen (secondary N) is 1. The molecule has 168 valence electrons. The van der Waals surface area contributed by atoms with Crippen LogP contribution >= 0.6 is 0 Å². The van der Waals surface area contributed by atoms with E-state index in [0.29, 0.717) is 36.5 Å². The largest absolute Gasteiger partial charge is 0.350 e. The molecular weight excluding hydrogens is 440 g/mol. The van der Waals surface area contributed by atoms with Crippen LogP contribution in [-0.4, -0.2) is 56.6 Å². The van der Waals surface area contributed by atoms with Gasteiger partial charge in [0.25, 0.3) is 10.0 Å². The summed E-state index contributed by atoms with van der Waals surface area (Å²) < 4.78 is 53.1. The van der Waals surface area contributed by atoms with E-state index in [1.165, 1.54) is 8.99 Å². The number of hydrogen-bond donors (Lipinski definition) is 1. The minimum Gasteiger partial charge on any atom is -0.350 e. The summed E-state index contributed by atoms with van der Waals surface area (Å²) in [5, 5.41) is 7.12. The van der Waals surface area contributed by atoms with E-state index < -0.39 is 31.9 Å². The highest BCUT2D eigenvalue weighted by molar-refractivity contribution is 7.93. The summed E-state index contributed by atoms with van der Waals surface area (Å²) in [7, 11) is -6.97. The zero-order chi connectivity index (χ0) is 22.6. The average Bonchev–Trinajstić information content (AvgIpc) is 3.36. The number of amides is 1. The van der Waals surface area contributed by atoms with E-state index in [0.717, 1.165) is 5.56 Å². The number of aryl methyl sites for hydroxylation is 1. The van der Waals surface area contributed by atoms with E-state index in [9.17, 15) is 21.6 Å². The second-order valence-corrected chi connectivity index (χ2v) is 12.2.